The van der Waals surface area contributed by atoms with E-state index in [1.807, 2.05) is 6.92 Å². The molecule has 1 heterocycles. The zero-order chi connectivity index (χ0) is 20.3. The molecule has 0 spiro atoms. The molecule has 1 aliphatic rings. The van der Waals surface area contributed by atoms with E-state index in [-0.39, 0.29) is 6.61 Å². The van der Waals surface area contributed by atoms with Gasteiger partial charge in [0.2, 0.25) is 0 Å². The summed E-state index contributed by atoms with van der Waals surface area (Å²) >= 11 is 7.37. The highest BCUT2D eigenvalue weighted by Gasteiger charge is 2.40. The standard InChI is InChI=1S/C21H20ClNO4S/c1-3-27-15-9-7-14(8-10-15)18-19(28-12-11-24)21(26)23(20(18)25)17-6-4-5-16(22)13(17)2/h4-10,24H,3,11-12H2,1-2H3. The largest absolute Gasteiger partial charge is 0.494 e. The fraction of sp³-hybridized carbons (Fsp3) is 0.238. The molecule has 0 fully saturated rings. The number of imide groups is 1. The number of amides is 2. The van der Waals surface area contributed by atoms with Crippen LogP contribution in [0.1, 0.15) is 18.1 Å². The molecule has 0 unspecified atom stereocenters. The first-order chi connectivity index (χ1) is 13.5. The predicted molar refractivity (Wildman–Crippen MR) is 113 cm³/mol. The van der Waals surface area contributed by atoms with E-state index in [0.29, 0.717) is 50.4 Å². The summed E-state index contributed by atoms with van der Waals surface area (Å²) in [6.45, 7) is 4.11. The Hall–Kier alpha value is -2.28. The summed E-state index contributed by atoms with van der Waals surface area (Å²) in [6, 6.07) is 12.2. The van der Waals surface area contributed by atoms with Gasteiger partial charge in [-0.15, -0.1) is 11.8 Å². The number of carbonyl (C=O) groups excluding carboxylic acids is 2. The molecule has 0 radical (unpaired) electrons. The van der Waals surface area contributed by atoms with Crippen molar-refractivity contribution in [3.63, 3.8) is 0 Å². The number of hydrogen-bond acceptors (Lipinski definition) is 5. The smallest absolute Gasteiger partial charge is 0.272 e. The quantitative estimate of drug-likeness (QED) is 0.688. The van der Waals surface area contributed by atoms with Gasteiger partial charge in [0, 0.05) is 10.8 Å². The topological polar surface area (TPSA) is 66.8 Å². The molecule has 5 nitrogen and oxygen atoms in total. The minimum atomic E-state index is -0.405. The minimum absolute atomic E-state index is 0.0949. The molecule has 2 amide bonds. The van der Waals surface area contributed by atoms with E-state index in [1.54, 1.807) is 49.4 Å². The Morgan fingerprint density at radius 3 is 2.46 bits per heavy atom. The van der Waals surface area contributed by atoms with Crippen molar-refractivity contribution in [2.24, 2.45) is 0 Å². The van der Waals surface area contributed by atoms with Gasteiger partial charge in [0.25, 0.3) is 11.8 Å². The van der Waals surface area contributed by atoms with Crippen molar-refractivity contribution in [1.29, 1.82) is 0 Å². The monoisotopic (exact) mass is 417 g/mol. The fourth-order valence-corrected chi connectivity index (χ4v) is 4.02. The Morgan fingerprint density at radius 1 is 1.11 bits per heavy atom. The van der Waals surface area contributed by atoms with Crippen molar-refractivity contribution in [3.05, 3.63) is 63.5 Å². The van der Waals surface area contributed by atoms with Crippen molar-refractivity contribution in [1.82, 2.24) is 0 Å². The van der Waals surface area contributed by atoms with Gasteiger partial charge >= 0.3 is 0 Å². The van der Waals surface area contributed by atoms with Crippen LogP contribution in [0.5, 0.6) is 5.75 Å². The number of thioether (sulfide) groups is 1. The van der Waals surface area contributed by atoms with E-state index in [4.69, 9.17) is 16.3 Å². The maximum absolute atomic E-state index is 13.3. The van der Waals surface area contributed by atoms with Crippen molar-refractivity contribution in [3.8, 4) is 5.75 Å². The van der Waals surface area contributed by atoms with Gasteiger partial charge in [0.05, 0.1) is 29.4 Å². The third kappa shape index (κ3) is 3.81. The highest BCUT2D eigenvalue weighted by molar-refractivity contribution is 8.04. The molecule has 2 aromatic rings. The molecule has 0 atom stereocenters. The van der Waals surface area contributed by atoms with Crippen LogP contribution in [0.2, 0.25) is 5.02 Å². The lowest BCUT2D eigenvalue weighted by atomic mass is 10.1. The maximum atomic E-state index is 13.3. The van der Waals surface area contributed by atoms with Gasteiger partial charge < -0.3 is 9.84 Å². The Bertz CT molecular complexity index is 940. The normalized spacial score (nSPS) is 14.2. The summed E-state index contributed by atoms with van der Waals surface area (Å²) < 4.78 is 5.45. The summed E-state index contributed by atoms with van der Waals surface area (Å²) in [6.07, 6.45) is 0. The Kier molecular flexibility index (Phi) is 6.44. The first-order valence-electron chi connectivity index (χ1n) is 8.84. The predicted octanol–water partition coefficient (Wildman–Crippen LogP) is 4.06. The highest BCUT2D eigenvalue weighted by Crippen LogP contribution is 2.40. The molecule has 146 valence electrons. The molecule has 0 saturated heterocycles. The number of carbonyl (C=O) groups is 2. The van der Waals surface area contributed by atoms with Crippen LogP contribution in [0.3, 0.4) is 0 Å². The second kappa shape index (κ2) is 8.82. The average Bonchev–Trinajstić information content (AvgIpc) is 2.93. The van der Waals surface area contributed by atoms with Crippen molar-refractivity contribution >= 4 is 46.4 Å². The Balaban J connectivity index is 2.06. The first kappa shape index (κ1) is 20.5. The molecule has 2 aromatic carbocycles. The molecule has 3 rings (SSSR count). The lowest BCUT2D eigenvalue weighted by Crippen LogP contribution is -2.32. The van der Waals surface area contributed by atoms with E-state index >= 15 is 0 Å². The fourth-order valence-electron chi connectivity index (χ4n) is 2.99. The van der Waals surface area contributed by atoms with Crippen molar-refractivity contribution in [2.75, 3.05) is 23.9 Å². The minimum Gasteiger partial charge on any atom is -0.494 e. The molecule has 0 aliphatic carbocycles. The van der Waals surface area contributed by atoms with E-state index < -0.39 is 11.8 Å². The van der Waals surface area contributed by atoms with Crippen LogP contribution in [0, 0.1) is 6.92 Å². The van der Waals surface area contributed by atoms with Crippen LogP contribution in [-0.4, -0.2) is 35.9 Å². The lowest BCUT2D eigenvalue weighted by Gasteiger charge is -2.18. The number of halogens is 1. The number of nitrogens with zero attached hydrogens (tertiary/aromatic N) is 1. The van der Waals surface area contributed by atoms with Gasteiger partial charge in [0.15, 0.2) is 0 Å². The van der Waals surface area contributed by atoms with Crippen LogP contribution in [0.4, 0.5) is 5.69 Å². The number of rotatable bonds is 7. The van der Waals surface area contributed by atoms with Crippen LogP contribution in [-0.2, 0) is 9.59 Å². The van der Waals surface area contributed by atoms with Gasteiger partial charge in [-0.3, -0.25) is 9.59 Å². The zero-order valence-corrected chi connectivity index (χ0v) is 17.1. The molecule has 1 N–H and O–H groups in total. The number of hydrogen-bond donors (Lipinski definition) is 1. The van der Waals surface area contributed by atoms with Crippen molar-refractivity contribution in [2.45, 2.75) is 13.8 Å². The van der Waals surface area contributed by atoms with E-state index in [1.165, 1.54) is 11.8 Å². The maximum Gasteiger partial charge on any atom is 0.272 e. The van der Waals surface area contributed by atoms with E-state index in [0.717, 1.165) is 4.90 Å². The SMILES string of the molecule is CCOc1ccc(C2=C(SCCO)C(=O)N(c3cccc(Cl)c3C)C2=O)cc1. The van der Waals surface area contributed by atoms with Crippen LogP contribution < -0.4 is 9.64 Å². The third-order valence-corrected chi connectivity index (χ3v) is 5.78. The van der Waals surface area contributed by atoms with Gasteiger partial charge in [-0.2, -0.15) is 0 Å². The number of anilines is 1. The van der Waals surface area contributed by atoms with Crippen molar-refractivity contribution < 1.29 is 19.4 Å². The number of ether oxygens (including phenoxy) is 1. The van der Waals surface area contributed by atoms with Gasteiger partial charge in [-0.1, -0.05) is 29.8 Å². The zero-order valence-electron chi connectivity index (χ0n) is 15.6. The van der Waals surface area contributed by atoms with Crippen LogP contribution in [0.25, 0.3) is 5.57 Å². The molecular formula is C21H20ClNO4S. The van der Waals surface area contributed by atoms with Gasteiger partial charge in [0.1, 0.15) is 5.75 Å². The van der Waals surface area contributed by atoms with Gasteiger partial charge in [-0.25, -0.2) is 4.90 Å². The highest BCUT2D eigenvalue weighted by atomic mass is 35.5. The summed E-state index contributed by atoms with van der Waals surface area (Å²) in [7, 11) is 0. The van der Waals surface area contributed by atoms with E-state index in [9.17, 15) is 14.7 Å². The molecule has 0 saturated carbocycles. The lowest BCUT2D eigenvalue weighted by molar-refractivity contribution is -0.119. The Labute approximate surface area is 172 Å². The first-order valence-corrected chi connectivity index (χ1v) is 10.2. The van der Waals surface area contributed by atoms with Crippen LogP contribution >= 0.6 is 23.4 Å². The van der Waals surface area contributed by atoms with Gasteiger partial charge in [-0.05, 0) is 49.2 Å². The second-order valence-electron chi connectivity index (χ2n) is 6.06. The third-order valence-electron chi connectivity index (χ3n) is 4.31. The summed E-state index contributed by atoms with van der Waals surface area (Å²) in [5.74, 6) is 0.199. The summed E-state index contributed by atoms with van der Waals surface area (Å²) in [4.78, 5) is 27.9. The molecule has 28 heavy (non-hydrogen) atoms. The number of benzene rings is 2. The molecule has 7 heteroatoms. The molecular weight excluding hydrogens is 398 g/mol. The molecule has 0 aromatic heterocycles. The summed E-state index contributed by atoms with van der Waals surface area (Å²) in [5, 5.41) is 9.69. The Morgan fingerprint density at radius 2 is 1.82 bits per heavy atom. The molecule has 1 aliphatic heterocycles. The average molecular weight is 418 g/mol. The summed E-state index contributed by atoms with van der Waals surface area (Å²) in [5.41, 5.74) is 2.08. The molecule has 0 bridgehead atoms. The second-order valence-corrected chi connectivity index (χ2v) is 7.58. The number of aliphatic hydroxyl groups excluding tert-OH is 1. The van der Waals surface area contributed by atoms with E-state index in [2.05, 4.69) is 0 Å². The van der Waals surface area contributed by atoms with Crippen LogP contribution in [0.15, 0.2) is 47.4 Å². The number of aliphatic hydroxyl groups is 1.